The van der Waals surface area contributed by atoms with E-state index in [4.69, 9.17) is 4.42 Å². The summed E-state index contributed by atoms with van der Waals surface area (Å²) in [4.78, 5) is 2.58. The number of rotatable bonds is 6. The molecular formula is C46H39NO. The minimum absolute atomic E-state index is 0.116. The monoisotopic (exact) mass is 621 g/mol. The van der Waals surface area contributed by atoms with Crippen LogP contribution in [0.3, 0.4) is 0 Å². The molecule has 1 unspecified atom stereocenters. The van der Waals surface area contributed by atoms with Crippen molar-refractivity contribution in [3.63, 3.8) is 0 Å². The number of hydrogen-bond donors (Lipinski definition) is 0. The average molecular weight is 622 g/mol. The molecule has 6 aromatic carbocycles. The quantitative estimate of drug-likeness (QED) is 0.184. The number of anilines is 2. The van der Waals surface area contributed by atoms with Crippen LogP contribution >= 0.6 is 0 Å². The lowest BCUT2D eigenvalue weighted by Crippen LogP contribution is -2.30. The van der Waals surface area contributed by atoms with Crippen LogP contribution in [0.5, 0.6) is 0 Å². The van der Waals surface area contributed by atoms with Gasteiger partial charge in [0.05, 0.1) is 17.1 Å². The maximum absolute atomic E-state index is 6.44. The highest BCUT2D eigenvalue weighted by molar-refractivity contribution is 6.13. The molecule has 0 spiro atoms. The predicted molar refractivity (Wildman–Crippen MR) is 203 cm³/mol. The number of furan rings is 1. The molecule has 1 aromatic heterocycles. The first-order valence-corrected chi connectivity index (χ1v) is 17.6. The van der Waals surface area contributed by atoms with E-state index >= 15 is 0 Å². The van der Waals surface area contributed by atoms with E-state index in [0.29, 0.717) is 5.92 Å². The normalized spacial score (nSPS) is 16.8. The van der Waals surface area contributed by atoms with Crippen molar-refractivity contribution in [1.29, 1.82) is 0 Å². The average Bonchev–Trinajstić information content (AvgIpc) is 3.55. The molecule has 9 rings (SSSR count). The third kappa shape index (κ3) is 5.04. The fourth-order valence-corrected chi connectivity index (χ4v) is 8.35. The molecule has 2 aliphatic carbocycles. The lowest BCUT2D eigenvalue weighted by Gasteiger charge is -2.35. The van der Waals surface area contributed by atoms with Gasteiger partial charge >= 0.3 is 0 Å². The van der Waals surface area contributed by atoms with E-state index < -0.39 is 0 Å². The van der Waals surface area contributed by atoms with Gasteiger partial charge in [0.15, 0.2) is 0 Å². The van der Waals surface area contributed by atoms with Gasteiger partial charge in [-0.3, -0.25) is 0 Å². The van der Waals surface area contributed by atoms with Gasteiger partial charge in [-0.2, -0.15) is 0 Å². The van der Waals surface area contributed by atoms with Crippen LogP contribution < -0.4 is 4.90 Å². The highest BCUT2D eigenvalue weighted by Crippen LogP contribution is 2.47. The SMILES string of the molecule is C1=CC(N(c2ccccc2-c2cccc3cccc(C4CCCCC4)c23)c2cccc3oc4ccccc4c23)CC=C1c1ccccc1. The summed E-state index contributed by atoms with van der Waals surface area (Å²) in [6.45, 7) is 0. The number of fused-ring (bicyclic) bond motifs is 4. The van der Waals surface area contributed by atoms with Crippen molar-refractivity contribution in [3.8, 4) is 11.1 Å². The summed E-state index contributed by atoms with van der Waals surface area (Å²) in [5, 5.41) is 5.05. The highest BCUT2D eigenvalue weighted by Gasteiger charge is 2.27. The predicted octanol–water partition coefficient (Wildman–Crippen LogP) is 13.0. The molecule has 2 nitrogen and oxygen atoms in total. The highest BCUT2D eigenvalue weighted by atomic mass is 16.3. The summed E-state index contributed by atoms with van der Waals surface area (Å²) < 4.78 is 6.44. The van der Waals surface area contributed by atoms with Crippen LogP contribution in [0.1, 0.15) is 55.6 Å². The first-order valence-electron chi connectivity index (χ1n) is 17.6. The maximum atomic E-state index is 6.44. The molecule has 0 amide bonds. The molecule has 7 aromatic rings. The largest absolute Gasteiger partial charge is 0.456 e. The molecule has 0 saturated heterocycles. The molecule has 2 heteroatoms. The zero-order valence-corrected chi connectivity index (χ0v) is 27.2. The zero-order chi connectivity index (χ0) is 31.9. The van der Waals surface area contributed by atoms with E-state index in [1.807, 2.05) is 0 Å². The summed E-state index contributed by atoms with van der Waals surface area (Å²) >= 11 is 0. The number of allylic oxidation sites excluding steroid dienone is 2. The summed E-state index contributed by atoms with van der Waals surface area (Å²) in [6, 6.07) is 48.7. The molecule has 2 aliphatic rings. The van der Waals surface area contributed by atoms with Gasteiger partial charge in [-0.05, 0) is 82.5 Å². The number of hydrogen-bond acceptors (Lipinski definition) is 2. The third-order valence-electron chi connectivity index (χ3n) is 10.6. The minimum Gasteiger partial charge on any atom is -0.456 e. The first-order chi connectivity index (χ1) is 23.8. The van der Waals surface area contributed by atoms with E-state index in [-0.39, 0.29) is 6.04 Å². The van der Waals surface area contributed by atoms with Crippen molar-refractivity contribution >= 4 is 49.7 Å². The number of nitrogens with zero attached hydrogens (tertiary/aromatic N) is 1. The molecule has 234 valence electrons. The summed E-state index contributed by atoms with van der Waals surface area (Å²) in [6.07, 6.45) is 14.6. The Morgan fingerprint density at radius 3 is 2.12 bits per heavy atom. The molecule has 1 heterocycles. The Balaban J connectivity index is 1.26. The molecular weight excluding hydrogens is 583 g/mol. The number of para-hydroxylation sites is 2. The standard InChI is InChI=1S/C46H39NO/c1-3-14-32(15-4-1)33-28-30-36(31-29-33)47(42-25-13-27-44-46(42)40-21-8-10-26-43(40)48-44)41-24-9-7-20-38(41)39-23-12-19-35-18-11-22-37(45(35)39)34-16-5-2-6-17-34/h1,3-4,7-15,18-30,34,36H,2,5-6,16-17,31H2. The number of benzene rings is 6. The van der Waals surface area contributed by atoms with Crippen LogP contribution in [-0.2, 0) is 0 Å². The lowest BCUT2D eigenvalue weighted by molar-refractivity contribution is 0.445. The Kier molecular flexibility index (Phi) is 7.43. The van der Waals surface area contributed by atoms with Crippen molar-refractivity contribution < 1.29 is 4.42 Å². The molecule has 0 radical (unpaired) electrons. The second-order valence-corrected chi connectivity index (χ2v) is 13.4. The van der Waals surface area contributed by atoms with Crippen LogP contribution in [0.25, 0.3) is 49.4 Å². The molecule has 1 atom stereocenters. The van der Waals surface area contributed by atoms with Crippen molar-refractivity contribution in [3.05, 3.63) is 163 Å². The van der Waals surface area contributed by atoms with Crippen LogP contribution in [-0.4, -0.2) is 6.04 Å². The zero-order valence-electron chi connectivity index (χ0n) is 27.2. The van der Waals surface area contributed by atoms with Gasteiger partial charge in [0.2, 0.25) is 0 Å². The Labute approximate surface area is 282 Å². The van der Waals surface area contributed by atoms with E-state index in [1.165, 1.54) is 82.1 Å². The van der Waals surface area contributed by atoms with E-state index in [1.54, 1.807) is 0 Å². The Morgan fingerprint density at radius 1 is 0.562 bits per heavy atom. The molecule has 1 fully saturated rings. The summed E-state index contributed by atoms with van der Waals surface area (Å²) in [7, 11) is 0. The van der Waals surface area contributed by atoms with Gasteiger partial charge in [0.25, 0.3) is 0 Å². The maximum Gasteiger partial charge on any atom is 0.137 e. The van der Waals surface area contributed by atoms with Crippen molar-refractivity contribution in [2.45, 2.75) is 50.5 Å². The Hall–Kier alpha value is -5.34. The molecule has 48 heavy (non-hydrogen) atoms. The summed E-state index contributed by atoms with van der Waals surface area (Å²) in [5.41, 5.74) is 10.9. The molecule has 0 bridgehead atoms. The van der Waals surface area contributed by atoms with Gasteiger partial charge in [0, 0.05) is 16.6 Å². The van der Waals surface area contributed by atoms with E-state index in [9.17, 15) is 0 Å². The van der Waals surface area contributed by atoms with Crippen LogP contribution in [0.15, 0.2) is 156 Å². The van der Waals surface area contributed by atoms with Gasteiger partial charge in [-0.1, -0.05) is 147 Å². The van der Waals surface area contributed by atoms with Gasteiger partial charge < -0.3 is 9.32 Å². The topological polar surface area (TPSA) is 16.4 Å². The smallest absolute Gasteiger partial charge is 0.137 e. The fourth-order valence-electron chi connectivity index (χ4n) is 8.35. The van der Waals surface area contributed by atoms with E-state index in [0.717, 1.165) is 28.4 Å². The van der Waals surface area contributed by atoms with Crippen LogP contribution in [0.2, 0.25) is 0 Å². The molecule has 0 N–H and O–H groups in total. The van der Waals surface area contributed by atoms with Crippen LogP contribution in [0, 0.1) is 0 Å². The second-order valence-electron chi connectivity index (χ2n) is 13.4. The van der Waals surface area contributed by atoms with Gasteiger partial charge in [-0.25, -0.2) is 0 Å². The van der Waals surface area contributed by atoms with Crippen molar-refractivity contribution in [2.75, 3.05) is 4.90 Å². The minimum atomic E-state index is 0.116. The second kappa shape index (κ2) is 12.4. The van der Waals surface area contributed by atoms with Crippen molar-refractivity contribution in [2.24, 2.45) is 0 Å². The van der Waals surface area contributed by atoms with Crippen LogP contribution in [0.4, 0.5) is 11.4 Å². The van der Waals surface area contributed by atoms with Crippen molar-refractivity contribution in [1.82, 2.24) is 0 Å². The Morgan fingerprint density at radius 2 is 1.27 bits per heavy atom. The van der Waals surface area contributed by atoms with Gasteiger partial charge in [-0.15, -0.1) is 0 Å². The van der Waals surface area contributed by atoms with Gasteiger partial charge in [0.1, 0.15) is 11.2 Å². The lowest BCUT2D eigenvalue weighted by atomic mass is 9.80. The fraction of sp³-hybridized carbons (Fsp3) is 0.174. The van der Waals surface area contributed by atoms with E-state index in [2.05, 4.69) is 157 Å². The first kappa shape index (κ1) is 28.8. The Bertz CT molecular complexity index is 2310. The summed E-state index contributed by atoms with van der Waals surface area (Å²) in [5.74, 6) is 0.612. The molecule has 1 saturated carbocycles. The third-order valence-corrected chi connectivity index (χ3v) is 10.6. The molecule has 0 aliphatic heterocycles.